The number of aromatic amines is 1. The van der Waals surface area contributed by atoms with Gasteiger partial charge in [0.15, 0.2) is 0 Å². The number of furan rings is 1. The molecule has 0 aliphatic heterocycles. The molecule has 172 valence electrons. The Balaban J connectivity index is 1.33. The molecule has 0 saturated heterocycles. The van der Waals surface area contributed by atoms with Crippen LogP contribution in [0.3, 0.4) is 0 Å². The number of nitrogens with one attached hydrogen (secondary N) is 2. The molecule has 2 aromatic carbocycles. The van der Waals surface area contributed by atoms with Crippen LogP contribution in [-0.2, 0) is 17.6 Å². The van der Waals surface area contributed by atoms with E-state index in [1.165, 1.54) is 10.9 Å². The van der Waals surface area contributed by atoms with E-state index in [1.807, 2.05) is 39.0 Å². The molecular formula is C28H26N2O4. The fourth-order valence-electron chi connectivity index (χ4n) is 5.39. The van der Waals surface area contributed by atoms with Crippen molar-refractivity contribution in [3.8, 4) is 0 Å². The van der Waals surface area contributed by atoms with Crippen LogP contribution in [0.25, 0.3) is 32.8 Å². The van der Waals surface area contributed by atoms with Gasteiger partial charge in [-0.2, -0.15) is 0 Å². The number of hydrogen-bond acceptors (Lipinski definition) is 4. The molecule has 34 heavy (non-hydrogen) atoms. The Bertz CT molecular complexity index is 1670. The summed E-state index contributed by atoms with van der Waals surface area (Å²) < 4.78 is 11.4. The number of carbonyl (C=O) groups excluding carboxylic acids is 1. The Morgan fingerprint density at radius 2 is 1.79 bits per heavy atom. The molecule has 0 fully saturated rings. The number of carbonyl (C=O) groups is 1. The monoisotopic (exact) mass is 454 g/mol. The first kappa shape index (κ1) is 20.8. The lowest BCUT2D eigenvalue weighted by atomic mass is 9.91. The van der Waals surface area contributed by atoms with Crippen molar-refractivity contribution in [3.63, 3.8) is 0 Å². The minimum atomic E-state index is -0.477. The van der Waals surface area contributed by atoms with Crippen LogP contribution in [0.15, 0.2) is 50.0 Å². The van der Waals surface area contributed by atoms with Crippen molar-refractivity contribution in [2.24, 2.45) is 0 Å². The van der Waals surface area contributed by atoms with Crippen molar-refractivity contribution in [2.45, 2.75) is 52.5 Å². The van der Waals surface area contributed by atoms with Crippen LogP contribution in [-0.4, -0.2) is 10.9 Å². The number of amides is 1. The van der Waals surface area contributed by atoms with E-state index in [0.29, 0.717) is 16.7 Å². The lowest BCUT2D eigenvalue weighted by molar-refractivity contribution is -0.121. The summed E-state index contributed by atoms with van der Waals surface area (Å²) >= 11 is 0. The zero-order chi connectivity index (χ0) is 23.6. The van der Waals surface area contributed by atoms with Gasteiger partial charge in [0.05, 0.1) is 18.0 Å². The number of para-hydroxylation sites is 1. The largest absolute Gasteiger partial charge is 0.461 e. The molecule has 6 heteroatoms. The second-order valence-electron chi connectivity index (χ2n) is 9.37. The van der Waals surface area contributed by atoms with E-state index in [4.69, 9.17) is 8.83 Å². The van der Waals surface area contributed by atoms with E-state index in [1.54, 1.807) is 6.07 Å². The van der Waals surface area contributed by atoms with Crippen LogP contribution < -0.4 is 10.9 Å². The lowest BCUT2D eigenvalue weighted by Gasteiger charge is -2.24. The van der Waals surface area contributed by atoms with Gasteiger partial charge in [0.25, 0.3) is 0 Å². The SMILES string of the molecule is Cc1oc2cc3oc(=O)c(CC(=O)N[C@H]4CCCc5c4[nH]c4ccccc54)c(C)c3cc2c1C. The predicted octanol–water partition coefficient (Wildman–Crippen LogP) is 5.68. The van der Waals surface area contributed by atoms with Gasteiger partial charge in [-0.15, -0.1) is 0 Å². The molecule has 6 nitrogen and oxygen atoms in total. The Morgan fingerprint density at radius 3 is 2.65 bits per heavy atom. The average molecular weight is 455 g/mol. The third-order valence-electron chi connectivity index (χ3n) is 7.37. The molecule has 5 aromatic rings. The van der Waals surface area contributed by atoms with E-state index in [0.717, 1.165) is 58.1 Å². The van der Waals surface area contributed by atoms with Gasteiger partial charge in [-0.05, 0) is 68.9 Å². The number of rotatable bonds is 3. The first-order valence-corrected chi connectivity index (χ1v) is 11.8. The van der Waals surface area contributed by atoms with Crippen molar-refractivity contribution in [3.05, 3.63) is 80.5 Å². The van der Waals surface area contributed by atoms with Gasteiger partial charge in [-0.25, -0.2) is 4.79 Å². The quantitative estimate of drug-likeness (QED) is 0.343. The maximum absolute atomic E-state index is 13.1. The van der Waals surface area contributed by atoms with Crippen molar-refractivity contribution in [1.29, 1.82) is 0 Å². The minimum absolute atomic E-state index is 0.0163. The molecule has 0 bridgehead atoms. The number of benzene rings is 2. The van der Waals surface area contributed by atoms with Crippen LogP contribution in [0.5, 0.6) is 0 Å². The van der Waals surface area contributed by atoms with E-state index in [-0.39, 0.29) is 18.4 Å². The Kier molecular flexibility index (Phi) is 4.66. The summed E-state index contributed by atoms with van der Waals surface area (Å²) in [5, 5.41) is 6.20. The number of fused-ring (bicyclic) bond motifs is 5. The van der Waals surface area contributed by atoms with Crippen LogP contribution in [0.4, 0.5) is 0 Å². The molecule has 0 saturated carbocycles. The highest BCUT2D eigenvalue weighted by Crippen LogP contribution is 2.35. The van der Waals surface area contributed by atoms with Gasteiger partial charge >= 0.3 is 5.63 Å². The summed E-state index contributed by atoms with van der Waals surface area (Å²) in [5.74, 6) is 0.663. The zero-order valence-corrected chi connectivity index (χ0v) is 19.5. The fraction of sp³-hybridized carbons (Fsp3) is 0.286. The third-order valence-corrected chi connectivity index (χ3v) is 7.37. The fourth-order valence-corrected chi connectivity index (χ4v) is 5.39. The summed E-state index contributed by atoms with van der Waals surface area (Å²) in [6.07, 6.45) is 2.86. The lowest BCUT2D eigenvalue weighted by Crippen LogP contribution is -2.33. The molecule has 1 atom stereocenters. The summed E-state index contributed by atoms with van der Waals surface area (Å²) in [5.41, 5.74) is 6.38. The van der Waals surface area contributed by atoms with Crippen molar-refractivity contribution < 1.29 is 13.6 Å². The maximum Gasteiger partial charge on any atom is 0.340 e. The topological polar surface area (TPSA) is 88.2 Å². The summed E-state index contributed by atoms with van der Waals surface area (Å²) in [4.78, 5) is 29.4. The molecule has 3 aromatic heterocycles. The normalized spacial score (nSPS) is 15.8. The van der Waals surface area contributed by atoms with Gasteiger partial charge in [0.1, 0.15) is 16.9 Å². The van der Waals surface area contributed by atoms with E-state index in [9.17, 15) is 9.59 Å². The average Bonchev–Trinajstić information content (AvgIpc) is 3.33. The second-order valence-corrected chi connectivity index (χ2v) is 9.37. The second kappa shape index (κ2) is 7.62. The van der Waals surface area contributed by atoms with Gasteiger partial charge in [0, 0.05) is 33.4 Å². The van der Waals surface area contributed by atoms with Crippen molar-refractivity contribution >= 4 is 38.7 Å². The molecule has 0 spiro atoms. The Hall–Kier alpha value is -3.80. The van der Waals surface area contributed by atoms with Crippen LogP contribution in [0, 0.1) is 20.8 Å². The van der Waals surface area contributed by atoms with Gasteiger partial charge < -0.3 is 19.1 Å². The van der Waals surface area contributed by atoms with Crippen LogP contribution in [0.1, 0.15) is 52.6 Å². The maximum atomic E-state index is 13.1. The predicted molar refractivity (Wildman–Crippen MR) is 132 cm³/mol. The highest BCUT2D eigenvalue weighted by Gasteiger charge is 2.26. The molecule has 6 rings (SSSR count). The highest BCUT2D eigenvalue weighted by molar-refractivity contribution is 5.97. The first-order valence-electron chi connectivity index (χ1n) is 11.8. The van der Waals surface area contributed by atoms with E-state index < -0.39 is 5.63 Å². The smallest absolute Gasteiger partial charge is 0.340 e. The molecule has 1 amide bonds. The Labute approximate surface area is 195 Å². The number of aromatic nitrogens is 1. The molecule has 2 N–H and O–H groups in total. The van der Waals surface area contributed by atoms with Crippen molar-refractivity contribution in [2.75, 3.05) is 0 Å². The highest BCUT2D eigenvalue weighted by atomic mass is 16.4. The molecule has 1 aliphatic carbocycles. The molecule has 0 unspecified atom stereocenters. The van der Waals surface area contributed by atoms with Gasteiger partial charge in [-0.1, -0.05) is 18.2 Å². The summed E-state index contributed by atoms with van der Waals surface area (Å²) in [6, 6.07) is 11.9. The van der Waals surface area contributed by atoms with E-state index >= 15 is 0 Å². The number of hydrogen-bond donors (Lipinski definition) is 2. The van der Waals surface area contributed by atoms with Gasteiger partial charge in [0.2, 0.25) is 5.91 Å². The zero-order valence-electron chi connectivity index (χ0n) is 19.5. The first-order chi connectivity index (χ1) is 16.4. The Morgan fingerprint density at radius 1 is 1.03 bits per heavy atom. The summed E-state index contributed by atoms with van der Waals surface area (Å²) in [7, 11) is 0. The van der Waals surface area contributed by atoms with E-state index in [2.05, 4.69) is 22.4 Å². The van der Waals surface area contributed by atoms with Gasteiger partial charge in [-0.3, -0.25) is 4.79 Å². The van der Waals surface area contributed by atoms with Crippen LogP contribution in [0.2, 0.25) is 0 Å². The molecule has 3 heterocycles. The molecule has 1 aliphatic rings. The third kappa shape index (κ3) is 3.16. The summed E-state index contributed by atoms with van der Waals surface area (Å²) in [6.45, 7) is 5.81. The number of aryl methyl sites for hydroxylation is 4. The molecule has 0 radical (unpaired) electrons. The minimum Gasteiger partial charge on any atom is -0.461 e. The van der Waals surface area contributed by atoms with Crippen LogP contribution >= 0.6 is 0 Å². The van der Waals surface area contributed by atoms with Crippen molar-refractivity contribution in [1.82, 2.24) is 10.3 Å². The standard InChI is InChI=1S/C28H26N2O4/c1-14-16(3)33-24-13-25-20(11-19(14)24)15(2)21(28(32)34-25)12-26(31)29-23-10-6-8-18-17-7-4-5-9-22(17)30-27(18)23/h4-5,7,9,11,13,23,30H,6,8,10,12H2,1-3H3,(H,29,31)/t23-/m0/s1. The number of H-pyrrole nitrogens is 1. The molecular weight excluding hydrogens is 428 g/mol.